The first-order valence-corrected chi connectivity index (χ1v) is 11.3. The van der Waals surface area contributed by atoms with E-state index in [4.69, 9.17) is 4.74 Å². The van der Waals surface area contributed by atoms with E-state index in [-0.39, 0.29) is 28.8 Å². The molecule has 0 saturated carbocycles. The molecule has 9 heteroatoms. The van der Waals surface area contributed by atoms with Crippen molar-refractivity contribution in [1.82, 2.24) is 19.2 Å². The number of aromatic nitrogens is 2. The number of sulfonamides is 1. The fourth-order valence-corrected chi connectivity index (χ4v) is 5.12. The third-order valence-electron chi connectivity index (χ3n) is 5.13. The Labute approximate surface area is 171 Å². The van der Waals surface area contributed by atoms with Crippen molar-refractivity contribution in [3.05, 3.63) is 48.2 Å². The highest BCUT2D eigenvalue weighted by Crippen LogP contribution is 2.35. The molecule has 1 aromatic heterocycles. The molecule has 1 fully saturated rings. The Morgan fingerprint density at radius 1 is 1.28 bits per heavy atom. The molecule has 2 heterocycles. The second-order valence-corrected chi connectivity index (χ2v) is 9.63. The highest BCUT2D eigenvalue weighted by atomic mass is 32.2. The zero-order valence-electron chi connectivity index (χ0n) is 17.1. The van der Waals surface area contributed by atoms with Crippen molar-refractivity contribution in [3.8, 4) is 0 Å². The summed E-state index contributed by atoms with van der Waals surface area (Å²) in [6.07, 6.45) is 3.17. The summed E-state index contributed by atoms with van der Waals surface area (Å²) in [4.78, 5) is 4.02. The topological polar surface area (TPSA) is 76.5 Å². The van der Waals surface area contributed by atoms with Gasteiger partial charge in [-0.1, -0.05) is 12.1 Å². The predicted molar refractivity (Wildman–Crippen MR) is 109 cm³/mol. The summed E-state index contributed by atoms with van der Waals surface area (Å²) in [6.45, 7) is 6.65. The minimum Gasteiger partial charge on any atom is -0.377 e. The van der Waals surface area contributed by atoms with E-state index >= 15 is 0 Å². The highest BCUT2D eigenvalue weighted by molar-refractivity contribution is 7.89. The summed E-state index contributed by atoms with van der Waals surface area (Å²) in [5.74, 6) is -0.254. The Bertz CT molecular complexity index is 899. The molecule has 1 N–H and O–H groups in total. The lowest BCUT2D eigenvalue weighted by molar-refractivity contribution is 0.0803. The molecular formula is C20H29FN4O3S. The second-order valence-electron chi connectivity index (χ2n) is 7.74. The van der Waals surface area contributed by atoms with Crippen molar-refractivity contribution in [2.75, 3.05) is 32.8 Å². The first-order valence-electron chi connectivity index (χ1n) is 9.83. The van der Waals surface area contributed by atoms with Crippen LogP contribution < -0.4 is 5.32 Å². The van der Waals surface area contributed by atoms with Crippen LogP contribution in [-0.2, 0) is 21.8 Å². The van der Waals surface area contributed by atoms with E-state index in [0.29, 0.717) is 32.8 Å². The van der Waals surface area contributed by atoms with Gasteiger partial charge < -0.3 is 14.6 Å². The van der Waals surface area contributed by atoms with E-state index in [2.05, 4.69) is 10.3 Å². The van der Waals surface area contributed by atoms with Crippen LogP contribution in [0.2, 0.25) is 0 Å². The molecule has 1 aromatic carbocycles. The first-order chi connectivity index (χ1) is 13.8. The summed E-state index contributed by atoms with van der Waals surface area (Å²) in [5, 5.41) is 3.42. The fraction of sp³-hybridized carbons (Fsp3) is 0.550. The molecule has 1 aliphatic heterocycles. The molecule has 1 aliphatic rings. The summed E-state index contributed by atoms with van der Waals surface area (Å²) in [7, 11) is -1.93. The smallest absolute Gasteiger partial charge is 0.262 e. The van der Waals surface area contributed by atoms with Crippen molar-refractivity contribution in [2.24, 2.45) is 13.0 Å². The SMILES string of the molecule is CC(C)OCCNC[C@@H]1CN(S(=O)(=O)c2cn(C)cn2)C[C@H]1c1ccc(F)cc1. The number of ether oxygens (including phenoxy) is 1. The Kier molecular flexibility index (Phi) is 7.05. The molecule has 0 unspecified atom stereocenters. The standard InChI is InChI=1S/C20H29FN4O3S/c1-15(2)28-9-8-22-10-17-11-25(29(26,27)20-13-24(3)14-23-20)12-19(17)16-4-6-18(21)7-5-16/h4-7,13-15,17,19,22H,8-12H2,1-3H3/t17-,19+/m1/s1. The predicted octanol–water partition coefficient (Wildman–Crippen LogP) is 1.98. The monoisotopic (exact) mass is 424 g/mol. The van der Waals surface area contributed by atoms with Crippen molar-refractivity contribution in [2.45, 2.75) is 30.9 Å². The van der Waals surface area contributed by atoms with Gasteiger partial charge in [0.25, 0.3) is 10.0 Å². The van der Waals surface area contributed by atoms with Gasteiger partial charge in [-0.25, -0.2) is 17.8 Å². The van der Waals surface area contributed by atoms with Crippen molar-refractivity contribution in [3.63, 3.8) is 0 Å². The van der Waals surface area contributed by atoms with Crippen molar-refractivity contribution >= 4 is 10.0 Å². The van der Waals surface area contributed by atoms with E-state index in [1.54, 1.807) is 23.7 Å². The maximum absolute atomic E-state index is 13.4. The van der Waals surface area contributed by atoms with E-state index in [1.165, 1.54) is 29.0 Å². The van der Waals surface area contributed by atoms with Gasteiger partial charge in [-0.3, -0.25) is 0 Å². The number of nitrogens with one attached hydrogen (secondary N) is 1. The molecule has 0 bridgehead atoms. The number of nitrogens with zero attached hydrogens (tertiary/aromatic N) is 3. The number of hydrogen-bond acceptors (Lipinski definition) is 5. The van der Waals surface area contributed by atoms with Crippen molar-refractivity contribution < 1.29 is 17.5 Å². The van der Waals surface area contributed by atoms with E-state index in [9.17, 15) is 12.8 Å². The van der Waals surface area contributed by atoms with E-state index in [1.807, 2.05) is 13.8 Å². The van der Waals surface area contributed by atoms with E-state index < -0.39 is 10.0 Å². The summed E-state index contributed by atoms with van der Waals surface area (Å²) >= 11 is 0. The van der Waals surface area contributed by atoms with Crippen molar-refractivity contribution in [1.29, 1.82) is 0 Å². The molecule has 0 radical (unpaired) electrons. The van der Waals surface area contributed by atoms with Crippen LogP contribution in [0.3, 0.4) is 0 Å². The molecular weight excluding hydrogens is 395 g/mol. The zero-order valence-corrected chi connectivity index (χ0v) is 17.9. The highest BCUT2D eigenvalue weighted by Gasteiger charge is 2.40. The quantitative estimate of drug-likeness (QED) is 0.623. The van der Waals surface area contributed by atoms with Gasteiger partial charge in [-0.15, -0.1) is 0 Å². The number of imidazole rings is 1. The molecule has 1 saturated heterocycles. The largest absolute Gasteiger partial charge is 0.377 e. The first kappa shape index (κ1) is 21.9. The van der Waals surface area contributed by atoms with Crippen LogP contribution in [0, 0.1) is 11.7 Å². The molecule has 29 heavy (non-hydrogen) atoms. The van der Waals surface area contributed by atoms with Crippen LogP contribution in [0.15, 0.2) is 41.8 Å². The van der Waals surface area contributed by atoms with E-state index in [0.717, 1.165) is 5.56 Å². The van der Waals surface area contributed by atoms with Gasteiger partial charge in [-0.2, -0.15) is 4.31 Å². The maximum Gasteiger partial charge on any atom is 0.262 e. The Morgan fingerprint density at radius 2 is 2.00 bits per heavy atom. The number of benzene rings is 1. The van der Waals surface area contributed by atoms with Gasteiger partial charge in [-0.05, 0) is 44.0 Å². The lowest BCUT2D eigenvalue weighted by Crippen LogP contribution is -2.32. The zero-order chi connectivity index (χ0) is 21.0. The minimum absolute atomic E-state index is 0.0207. The molecule has 7 nitrogen and oxygen atoms in total. The Balaban J connectivity index is 1.73. The number of rotatable bonds is 9. The fourth-order valence-electron chi connectivity index (χ4n) is 3.63. The Hall–Kier alpha value is -1.81. The van der Waals surface area contributed by atoms with Gasteiger partial charge in [0.2, 0.25) is 0 Å². The van der Waals surface area contributed by atoms with Gasteiger partial charge in [0.05, 0.1) is 19.0 Å². The minimum atomic E-state index is -3.67. The van der Waals surface area contributed by atoms with Crippen LogP contribution >= 0.6 is 0 Å². The van der Waals surface area contributed by atoms with Crippen LogP contribution in [0.25, 0.3) is 0 Å². The molecule has 2 atom stereocenters. The van der Waals surface area contributed by atoms with Gasteiger partial charge in [0, 0.05) is 38.8 Å². The van der Waals surface area contributed by atoms with Crippen LogP contribution in [0.5, 0.6) is 0 Å². The number of hydrogen-bond donors (Lipinski definition) is 1. The van der Waals surface area contributed by atoms with Crippen LogP contribution in [-0.4, -0.2) is 61.2 Å². The molecule has 0 spiro atoms. The molecule has 3 rings (SSSR count). The normalized spacial score (nSPS) is 20.6. The summed E-state index contributed by atoms with van der Waals surface area (Å²) < 4.78 is 48.1. The second kappa shape index (κ2) is 9.34. The average Bonchev–Trinajstić information content (AvgIpc) is 3.29. The van der Waals surface area contributed by atoms with Gasteiger partial charge in [0.15, 0.2) is 5.03 Å². The maximum atomic E-state index is 13.4. The number of halogens is 1. The lowest BCUT2D eigenvalue weighted by atomic mass is 9.89. The Morgan fingerprint density at radius 3 is 2.62 bits per heavy atom. The van der Waals surface area contributed by atoms with Crippen LogP contribution in [0.1, 0.15) is 25.3 Å². The summed E-state index contributed by atoms with van der Waals surface area (Å²) in [5.41, 5.74) is 0.940. The average molecular weight is 425 g/mol. The van der Waals surface area contributed by atoms with Gasteiger partial charge >= 0.3 is 0 Å². The molecule has 160 valence electrons. The lowest BCUT2D eigenvalue weighted by Gasteiger charge is -2.19. The third-order valence-corrected chi connectivity index (χ3v) is 6.84. The van der Waals surface area contributed by atoms with Crippen LogP contribution in [0.4, 0.5) is 4.39 Å². The summed E-state index contributed by atoms with van der Waals surface area (Å²) in [6, 6.07) is 6.33. The number of aryl methyl sites for hydroxylation is 1. The third kappa shape index (κ3) is 5.42. The molecule has 0 aliphatic carbocycles. The molecule has 2 aromatic rings. The molecule has 0 amide bonds. The van der Waals surface area contributed by atoms with Gasteiger partial charge in [0.1, 0.15) is 5.82 Å².